The standard InChI is InChI=1S/C38H56N2O4S/c1-25-20-35-36(40(24-25)18-17-39-45(42,43)19-14-28-8-6-5-7-9-28)27(3)38(44-35)16-13-31-32-11-10-29-21-30(41)12-15-37(29,4)34(32)22-33(31)26(2)23-38/h5-10,25,27,30-32,34-36,39,41H,11-24H2,1-4H3/t25-,27+,30-,31-,32-,34-,35+,36-,37-,38?/m0/s1. The number of allylic oxidation sites excluding steroid dienone is 2. The summed E-state index contributed by atoms with van der Waals surface area (Å²) in [6, 6.07) is 10.2. The summed E-state index contributed by atoms with van der Waals surface area (Å²) in [6.07, 6.45) is 13.0. The first kappa shape index (κ1) is 32.1. The molecule has 0 aromatic heterocycles. The summed E-state index contributed by atoms with van der Waals surface area (Å²) >= 11 is 0. The molecule has 2 N–H and O–H groups in total. The summed E-state index contributed by atoms with van der Waals surface area (Å²) in [6.45, 7) is 11.9. The van der Waals surface area contributed by atoms with Gasteiger partial charge in [-0.15, -0.1) is 0 Å². The van der Waals surface area contributed by atoms with Crippen LogP contribution in [0.3, 0.4) is 0 Å². The lowest BCUT2D eigenvalue weighted by atomic mass is 9.56. The van der Waals surface area contributed by atoms with Gasteiger partial charge in [0.05, 0.1) is 23.6 Å². The molecule has 0 radical (unpaired) electrons. The van der Waals surface area contributed by atoms with Crippen molar-refractivity contribution in [3.63, 3.8) is 0 Å². The van der Waals surface area contributed by atoms with E-state index in [2.05, 4.69) is 43.4 Å². The Morgan fingerprint density at radius 3 is 2.71 bits per heavy atom. The Labute approximate surface area is 272 Å². The largest absolute Gasteiger partial charge is 0.393 e. The number of benzene rings is 1. The second-order valence-electron chi connectivity index (χ2n) is 16.2. The second-order valence-corrected chi connectivity index (χ2v) is 18.1. The van der Waals surface area contributed by atoms with Crippen LogP contribution in [0.5, 0.6) is 0 Å². The second kappa shape index (κ2) is 12.2. The monoisotopic (exact) mass is 636 g/mol. The zero-order valence-electron chi connectivity index (χ0n) is 28.0. The number of hydrogen-bond donors (Lipinski definition) is 2. The van der Waals surface area contributed by atoms with Crippen LogP contribution >= 0.6 is 0 Å². The number of nitrogens with zero attached hydrogens (tertiary/aromatic N) is 1. The van der Waals surface area contributed by atoms with Gasteiger partial charge in [-0.05, 0) is 106 Å². The molecule has 2 saturated carbocycles. The molecule has 45 heavy (non-hydrogen) atoms. The molecule has 1 aromatic carbocycles. The third-order valence-corrected chi connectivity index (χ3v) is 14.9. The Kier molecular flexibility index (Phi) is 8.68. The molecule has 1 aromatic rings. The summed E-state index contributed by atoms with van der Waals surface area (Å²) in [5.41, 5.74) is 6.05. The smallest absolute Gasteiger partial charge is 0.211 e. The lowest BCUT2D eigenvalue weighted by molar-refractivity contribution is -0.0791. The fourth-order valence-electron chi connectivity index (χ4n) is 11.2. The highest BCUT2D eigenvalue weighted by Crippen LogP contribution is 2.63. The Bertz CT molecular complexity index is 1420. The van der Waals surface area contributed by atoms with E-state index in [1.165, 1.54) is 19.3 Å². The first-order chi connectivity index (χ1) is 21.5. The van der Waals surface area contributed by atoms with Crippen molar-refractivity contribution in [3.05, 3.63) is 58.7 Å². The van der Waals surface area contributed by atoms with Crippen molar-refractivity contribution in [3.8, 4) is 0 Å². The molecule has 10 atom stereocenters. The van der Waals surface area contributed by atoms with E-state index in [0.717, 1.165) is 63.1 Å². The first-order valence-corrected chi connectivity index (χ1v) is 19.6. The number of piperidine rings is 1. The highest BCUT2D eigenvalue weighted by molar-refractivity contribution is 7.89. The number of likely N-dealkylation sites (tertiary alicyclic amines) is 1. The van der Waals surface area contributed by atoms with Gasteiger partial charge in [0.2, 0.25) is 10.0 Å². The maximum Gasteiger partial charge on any atom is 0.211 e. The van der Waals surface area contributed by atoms with Crippen LogP contribution in [0.15, 0.2) is 53.1 Å². The predicted octanol–water partition coefficient (Wildman–Crippen LogP) is 6.27. The molecule has 6 nitrogen and oxygen atoms in total. The molecule has 2 heterocycles. The number of ether oxygens (including phenoxy) is 1. The Hall–Kier alpha value is -1.51. The molecular formula is C38H56N2O4S. The zero-order valence-corrected chi connectivity index (χ0v) is 28.8. The number of aliphatic hydroxyl groups is 1. The van der Waals surface area contributed by atoms with Crippen molar-refractivity contribution < 1.29 is 18.3 Å². The van der Waals surface area contributed by atoms with Gasteiger partial charge in [0, 0.05) is 31.6 Å². The number of nitrogens with one attached hydrogen (secondary N) is 1. The fourth-order valence-corrected chi connectivity index (χ4v) is 12.2. The van der Waals surface area contributed by atoms with E-state index in [9.17, 15) is 13.5 Å². The molecule has 6 aliphatic rings. The van der Waals surface area contributed by atoms with Crippen molar-refractivity contribution in [2.24, 2.45) is 35.0 Å². The summed E-state index contributed by atoms with van der Waals surface area (Å²) in [7, 11) is -3.33. The van der Waals surface area contributed by atoms with Crippen molar-refractivity contribution >= 4 is 10.0 Å². The van der Waals surface area contributed by atoms with Crippen LogP contribution in [0.4, 0.5) is 0 Å². The molecule has 2 aliphatic heterocycles. The van der Waals surface area contributed by atoms with Crippen molar-refractivity contribution in [1.82, 2.24) is 9.62 Å². The minimum absolute atomic E-state index is 0.122. The Morgan fingerprint density at radius 2 is 1.91 bits per heavy atom. The van der Waals surface area contributed by atoms with Gasteiger partial charge in [0.15, 0.2) is 0 Å². The van der Waals surface area contributed by atoms with E-state index in [1.54, 1.807) is 16.7 Å². The molecule has 0 bridgehead atoms. The lowest BCUT2D eigenvalue weighted by Crippen LogP contribution is -2.53. The van der Waals surface area contributed by atoms with E-state index < -0.39 is 10.0 Å². The van der Waals surface area contributed by atoms with Gasteiger partial charge >= 0.3 is 0 Å². The average molecular weight is 637 g/mol. The SMILES string of the molecule is CC1=C2C[C@H]3[C@@H](CC=C4C[C@@H](O)CC[C@@]43C)[C@@H]2CCC2(C1)O[C@@H]1C[C@H](C)CN(CCNS(=O)(=O)CCc3ccccc3)[C@H]1[C@H]2C. The third kappa shape index (κ3) is 5.92. The summed E-state index contributed by atoms with van der Waals surface area (Å²) in [5, 5.41) is 10.4. The number of aliphatic hydroxyl groups excluding tert-OH is 1. The predicted molar refractivity (Wildman–Crippen MR) is 180 cm³/mol. The maximum atomic E-state index is 12.9. The maximum absolute atomic E-state index is 12.9. The Morgan fingerprint density at radius 1 is 1.11 bits per heavy atom. The lowest BCUT2D eigenvalue weighted by Gasteiger charge is -2.49. The summed E-state index contributed by atoms with van der Waals surface area (Å²) < 4.78 is 35.9. The topological polar surface area (TPSA) is 78.9 Å². The molecule has 0 amide bonds. The number of sulfonamides is 1. The van der Waals surface area contributed by atoms with Gasteiger partial charge in [-0.3, -0.25) is 4.90 Å². The quantitative estimate of drug-likeness (QED) is 0.345. The van der Waals surface area contributed by atoms with Crippen LogP contribution in [-0.4, -0.2) is 67.7 Å². The minimum atomic E-state index is -3.33. The van der Waals surface area contributed by atoms with Gasteiger partial charge < -0.3 is 9.84 Å². The van der Waals surface area contributed by atoms with Gasteiger partial charge in [0.1, 0.15) is 0 Å². The van der Waals surface area contributed by atoms with Crippen LogP contribution in [0.25, 0.3) is 0 Å². The van der Waals surface area contributed by atoms with Crippen LogP contribution in [0.1, 0.15) is 91.0 Å². The van der Waals surface area contributed by atoms with E-state index in [-0.39, 0.29) is 29.0 Å². The number of aryl methyl sites for hydroxylation is 1. The van der Waals surface area contributed by atoms with Gasteiger partial charge in [0.25, 0.3) is 0 Å². The molecule has 7 heteroatoms. The van der Waals surface area contributed by atoms with Crippen molar-refractivity contribution in [1.29, 1.82) is 0 Å². The van der Waals surface area contributed by atoms with Crippen LogP contribution in [-0.2, 0) is 21.2 Å². The van der Waals surface area contributed by atoms with Crippen molar-refractivity contribution in [2.45, 2.75) is 116 Å². The number of rotatable bonds is 7. The van der Waals surface area contributed by atoms with Gasteiger partial charge in [-0.1, -0.05) is 73.9 Å². The molecule has 248 valence electrons. The van der Waals surface area contributed by atoms with Gasteiger partial charge in [-0.2, -0.15) is 0 Å². The van der Waals surface area contributed by atoms with Crippen LogP contribution in [0.2, 0.25) is 0 Å². The molecule has 2 saturated heterocycles. The van der Waals surface area contributed by atoms with E-state index in [1.807, 2.05) is 30.3 Å². The third-order valence-electron chi connectivity index (χ3n) is 13.5. The minimum Gasteiger partial charge on any atom is -0.393 e. The molecular weight excluding hydrogens is 580 g/mol. The average Bonchev–Trinajstić information content (AvgIpc) is 3.47. The number of hydrogen-bond acceptors (Lipinski definition) is 5. The van der Waals surface area contributed by atoms with Gasteiger partial charge in [-0.25, -0.2) is 13.1 Å². The first-order valence-electron chi connectivity index (χ1n) is 18.0. The normalized spacial score (nSPS) is 41.7. The van der Waals surface area contributed by atoms with Crippen molar-refractivity contribution in [2.75, 3.05) is 25.4 Å². The molecule has 7 rings (SSSR count). The summed E-state index contributed by atoms with van der Waals surface area (Å²) in [4.78, 5) is 2.56. The highest BCUT2D eigenvalue weighted by atomic mass is 32.2. The summed E-state index contributed by atoms with van der Waals surface area (Å²) in [5.74, 6) is 3.16. The van der Waals surface area contributed by atoms with E-state index >= 15 is 0 Å². The van der Waals surface area contributed by atoms with Crippen LogP contribution in [0, 0.1) is 35.0 Å². The molecule has 1 unspecified atom stereocenters. The highest BCUT2D eigenvalue weighted by Gasteiger charge is 2.59. The number of fused-ring (bicyclic) bond motifs is 6. The van der Waals surface area contributed by atoms with Crippen LogP contribution < -0.4 is 4.72 Å². The molecule has 4 fully saturated rings. The fraction of sp³-hybridized carbons (Fsp3) is 0.737. The Balaban J connectivity index is 1.03. The molecule has 1 spiro atoms. The van der Waals surface area contributed by atoms with E-state index in [0.29, 0.717) is 42.7 Å². The molecule has 4 aliphatic carbocycles. The zero-order chi connectivity index (χ0) is 31.6. The van der Waals surface area contributed by atoms with E-state index in [4.69, 9.17) is 4.74 Å².